The maximum atomic E-state index is 10.8. The number of nitrogens with one attached hydrogen (secondary N) is 1. The van der Waals surface area contributed by atoms with Crippen LogP contribution in [-0.2, 0) is 4.79 Å². The van der Waals surface area contributed by atoms with Gasteiger partial charge < -0.3 is 5.32 Å². The summed E-state index contributed by atoms with van der Waals surface area (Å²) in [6.45, 7) is 0.809. The molecule has 0 fully saturated rings. The van der Waals surface area contributed by atoms with Crippen molar-refractivity contribution in [3.8, 4) is 0 Å². The van der Waals surface area contributed by atoms with Crippen molar-refractivity contribution in [2.75, 3.05) is 12.3 Å². The van der Waals surface area contributed by atoms with Crippen LogP contribution in [0.5, 0.6) is 0 Å². The van der Waals surface area contributed by atoms with E-state index in [0.717, 1.165) is 19.4 Å². The van der Waals surface area contributed by atoms with Gasteiger partial charge in [-0.2, -0.15) is 12.6 Å². The molecule has 1 rings (SSSR count). The topological polar surface area (TPSA) is 29.1 Å². The lowest BCUT2D eigenvalue weighted by molar-refractivity contribution is -0.118. The normalized spacial score (nSPS) is 22.2. The third-order valence-electron chi connectivity index (χ3n) is 2.11. The minimum atomic E-state index is 0.0351. The summed E-state index contributed by atoms with van der Waals surface area (Å²) in [6, 6.07) is 0. The van der Waals surface area contributed by atoms with Crippen LogP contribution in [0.4, 0.5) is 0 Å². The van der Waals surface area contributed by atoms with E-state index in [9.17, 15) is 4.79 Å². The first kappa shape index (κ1) is 9.65. The van der Waals surface area contributed by atoms with E-state index in [2.05, 4.69) is 30.1 Å². The van der Waals surface area contributed by atoms with Crippen LogP contribution in [0.2, 0.25) is 0 Å². The Hall–Kier alpha value is -0.440. The average molecular weight is 185 g/mol. The molecule has 0 saturated heterocycles. The molecule has 0 aromatic carbocycles. The van der Waals surface area contributed by atoms with Crippen molar-refractivity contribution in [2.24, 2.45) is 5.92 Å². The van der Waals surface area contributed by atoms with Gasteiger partial charge >= 0.3 is 0 Å². The number of hydrogen-bond acceptors (Lipinski definition) is 2. The lowest BCUT2D eigenvalue weighted by Gasteiger charge is -2.17. The lowest BCUT2D eigenvalue weighted by atomic mass is 9.94. The maximum absolute atomic E-state index is 10.8. The van der Waals surface area contributed by atoms with Crippen LogP contribution in [0.25, 0.3) is 0 Å². The smallest absolute Gasteiger partial charge is 0.229 e. The molecule has 2 nitrogen and oxygen atoms in total. The Morgan fingerprint density at radius 3 is 3.00 bits per heavy atom. The molecule has 0 bridgehead atoms. The van der Waals surface area contributed by atoms with Crippen molar-refractivity contribution in [1.29, 1.82) is 0 Å². The second-order valence-corrected chi connectivity index (χ2v) is 3.43. The molecule has 0 spiro atoms. The van der Waals surface area contributed by atoms with Gasteiger partial charge in [-0.3, -0.25) is 4.79 Å². The lowest BCUT2D eigenvalue weighted by Crippen LogP contribution is -2.30. The van der Waals surface area contributed by atoms with Gasteiger partial charge in [0.15, 0.2) is 0 Å². The molecule has 0 aromatic rings. The predicted octanol–water partition coefficient (Wildman–Crippen LogP) is 1.39. The zero-order chi connectivity index (χ0) is 8.81. The van der Waals surface area contributed by atoms with Crippen molar-refractivity contribution in [1.82, 2.24) is 5.32 Å². The molecule has 1 aliphatic rings. The molecule has 1 aliphatic carbocycles. The Kier molecular flexibility index (Phi) is 4.22. The highest BCUT2D eigenvalue weighted by molar-refractivity contribution is 7.81. The first-order chi connectivity index (χ1) is 5.83. The Labute approximate surface area is 78.8 Å². The van der Waals surface area contributed by atoms with Crippen LogP contribution in [0.15, 0.2) is 12.2 Å². The van der Waals surface area contributed by atoms with Crippen molar-refractivity contribution >= 4 is 18.5 Å². The molecule has 0 aromatic heterocycles. The number of rotatable bonds is 3. The van der Waals surface area contributed by atoms with Crippen molar-refractivity contribution in [3.63, 3.8) is 0 Å². The van der Waals surface area contributed by atoms with E-state index < -0.39 is 0 Å². The number of amides is 1. The van der Waals surface area contributed by atoms with Gasteiger partial charge in [-0.25, -0.2) is 0 Å². The molecule has 1 unspecified atom stereocenters. The Bertz CT molecular complexity index is 179. The van der Waals surface area contributed by atoms with Gasteiger partial charge in [0, 0.05) is 6.54 Å². The van der Waals surface area contributed by atoms with Crippen molar-refractivity contribution in [2.45, 2.75) is 19.3 Å². The average Bonchev–Trinajstić information content (AvgIpc) is 2.16. The minimum absolute atomic E-state index is 0.0351. The number of thiol groups is 1. The highest BCUT2D eigenvalue weighted by atomic mass is 32.1. The molecule has 1 N–H and O–H groups in total. The van der Waals surface area contributed by atoms with Crippen LogP contribution < -0.4 is 5.32 Å². The molecule has 0 saturated carbocycles. The summed E-state index contributed by atoms with van der Waals surface area (Å²) in [4.78, 5) is 10.8. The van der Waals surface area contributed by atoms with Crippen molar-refractivity contribution < 1.29 is 4.79 Å². The number of allylic oxidation sites excluding steroid dienone is 2. The summed E-state index contributed by atoms with van der Waals surface area (Å²) >= 11 is 3.89. The SMILES string of the molecule is O=C(CS)NCC1CC=CCC1. The van der Waals surface area contributed by atoms with Crippen LogP contribution in [0.3, 0.4) is 0 Å². The molecule has 68 valence electrons. The van der Waals surface area contributed by atoms with Gasteiger partial charge in [-0.15, -0.1) is 0 Å². The first-order valence-corrected chi connectivity index (χ1v) is 4.98. The van der Waals surface area contributed by atoms with E-state index in [1.807, 2.05) is 0 Å². The summed E-state index contributed by atoms with van der Waals surface area (Å²) in [6.07, 6.45) is 7.86. The standard InChI is InChI=1S/C9H15NOS/c11-9(7-12)10-6-8-4-2-1-3-5-8/h1-2,8,12H,3-7H2,(H,10,11). The molecular weight excluding hydrogens is 170 g/mol. The second kappa shape index (κ2) is 5.25. The fourth-order valence-electron chi connectivity index (χ4n) is 1.36. The van der Waals surface area contributed by atoms with Crippen LogP contribution in [0.1, 0.15) is 19.3 Å². The Morgan fingerprint density at radius 2 is 2.42 bits per heavy atom. The van der Waals surface area contributed by atoms with Crippen LogP contribution >= 0.6 is 12.6 Å². The van der Waals surface area contributed by atoms with E-state index >= 15 is 0 Å². The highest BCUT2D eigenvalue weighted by Gasteiger charge is 2.09. The molecule has 0 aliphatic heterocycles. The molecule has 0 radical (unpaired) electrons. The molecule has 1 amide bonds. The Balaban J connectivity index is 2.14. The second-order valence-electron chi connectivity index (χ2n) is 3.11. The zero-order valence-electron chi connectivity index (χ0n) is 7.12. The predicted molar refractivity (Wildman–Crippen MR) is 53.3 cm³/mol. The number of carbonyl (C=O) groups excluding carboxylic acids is 1. The van der Waals surface area contributed by atoms with E-state index in [4.69, 9.17) is 0 Å². The maximum Gasteiger partial charge on any atom is 0.229 e. The third-order valence-corrected chi connectivity index (χ3v) is 2.40. The van der Waals surface area contributed by atoms with Gasteiger partial charge in [0.05, 0.1) is 5.75 Å². The monoisotopic (exact) mass is 185 g/mol. The molecule has 3 heteroatoms. The first-order valence-electron chi connectivity index (χ1n) is 4.35. The van der Waals surface area contributed by atoms with Gasteiger partial charge in [0.2, 0.25) is 5.91 Å². The zero-order valence-corrected chi connectivity index (χ0v) is 8.02. The largest absolute Gasteiger partial charge is 0.355 e. The van der Waals surface area contributed by atoms with Crippen LogP contribution in [-0.4, -0.2) is 18.2 Å². The quantitative estimate of drug-likeness (QED) is 0.505. The summed E-state index contributed by atoms with van der Waals surface area (Å²) < 4.78 is 0. The van der Waals surface area contributed by atoms with Gasteiger partial charge in [-0.1, -0.05) is 12.2 Å². The van der Waals surface area contributed by atoms with E-state index in [0.29, 0.717) is 11.7 Å². The Morgan fingerprint density at radius 1 is 1.58 bits per heavy atom. The fourth-order valence-corrected chi connectivity index (χ4v) is 1.47. The summed E-state index contributed by atoms with van der Waals surface area (Å²) in [5.74, 6) is 0.967. The van der Waals surface area contributed by atoms with Gasteiger partial charge in [0.25, 0.3) is 0 Å². The minimum Gasteiger partial charge on any atom is -0.355 e. The molecule has 12 heavy (non-hydrogen) atoms. The molecule has 1 atom stereocenters. The fraction of sp³-hybridized carbons (Fsp3) is 0.667. The summed E-state index contributed by atoms with van der Waals surface area (Å²) in [7, 11) is 0. The summed E-state index contributed by atoms with van der Waals surface area (Å²) in [5, 5.41) is 2.85. The summed E-state index contributed by atoms with van der Waals surface area (Å²) in [5.41, 5.74) is 0. The van der Waals surface area contributed by atoms with Gasteiger partial charge in [-0.05, 0) is 25.2 Å². The molecule has 0 heterocycles. The number of carbonyl (C=O) groups is 1. The van der Waals surface area contributed by atoms with Crippen LogP contribution in [0, 0.1) is 5.92 Å². The van der Waals surface area contributed by atoms with E-state index in [1.165, 1.54) is 6.42 Å². The highest BCUT2D eigenvalue weighted by Crippen LogP contribution is 2.16. The van der Waals surface area contributed by atoms with E-state index in [1.54, 1.807) is 0 Å². The number of hydrogen-bond donors (Lipinski definition) is 2. The third kappa shape index (κ3) is 3.30. The van der Waals surface area contributed by atoms with Crippen molar-refractivity contribution in [3.05, 3.63) is 12.2 Å². The molecular formula is C9H15NOS. The van der Waals surface area contributed by atoms with Gasteiger partial charge in [0.1, 0.15) is 0 Å². The van der Waals surface area contributed by atoms with E-state index in [-0.39, 0.29) is 5.91 Å².